The summed E-state index contributed by atoms with van der Waals surface area (Å²) < 4.78 is 5.88. The molecule has 0 aliphatic carbocycles. The summed E-state index contributed by atoms with van der Waals surface area (Å²) in [5.41, 5.74) is 0. The lowest BCUT2D eigenvalue weighted by Gasteiger charge is -2.36. The summed E-state index contributed by atoms with van der Waals surface area (Å²) in [4.78, 5) is 11.0. The molecule has 3 nitrogen and oxygen atoms in total. The molecule has 0 radical (unpaired) electrons. The summed E-state index contributed by atoms with van der Waals surface area (Å²) in [5.74, 6) is -0.476. The van der Waals surface area contributed by atoms with E-state index in [2.05, 4.69) is 13.8 Å². The van der Waals surface area contributed by atoms with Gasteiger partial charge >= 0.3 is 5.97 Å². The first-order valence-electron chi connectivity index (χ1n) is 5.98. The maximum absolute atomic E-state index is 11.0. The van der Waals surface area contributed by atoms with Crippen molar-refractivity contribution >= 4 is 5.97 Å². The topological polar surface area (TPSA) is 46.5 Å². The highest BCUT2D eigenvalue weighted by Crippen LogP contribution is 2.31. The van der Waals surface area contributed by atoms with Crippen molar-refractivity contribution in [3.63, 3.8) is 0 Å². The summed E-state index contributed by atoms with van der Waals surface area (Å²) >= 11 is 0. The van der Waals surface area contributed by atoms with Crippen LogP contribution in [0, 0.1) is 11.8 Å². The second kappa shape index (κ2) is 5.50. The maximum Gasteiger partial charge on any atom is 0.309 e. The van der Waals surface area contributed by atoms with E-state index in [1.165, 1.54) is 0 Å². The van der Waals surface area contributed by atoms with Gasteiger partial charge in [-0.05, 0) is 31.6 Å². The molecule has 0 aromatic carbocycles. The van der Waals surface area contributed by atoms with E-state index in [0.717, 1.165) is 19.3 Å². The Labute approximate surface area is 91.8 Å². The molecule has 1 aliphatic rings. The summed E-state index contributed by atoms with van der Waals surface area (Å²) in [6.07, 6.45) is 3.79. The number of carboxylic acids is 1. The van der Waals surface area contributed by atoms with E-state index >= 15 is 0 Å². The van der Waals surface area contributed by atoms with Crippen molar-refractivity contribution in [2.75, 3.05) is 0 Å². The van der Waals surface area contributed by atoms with Crippen LogP contribution in [-0.4, -0.2) is 23.3 Å². The van der Waals surface area contributed by atoms with Crippen LogP contribution in [0.1, 0.15) is 46.5 Å². The van der Waals surface area contributed by atoms with E-state index in [1.54, 1.807) is 0 Å². The van der Waals surface area contributed by atoms with Crippen molar-refractivity contribution in [1.82, 2.24) is 0 Å². The summed E-state index contributed by atoms with van der Waals surface area (Å²) in [5, 5.41) is 9.07. The molecule has 0 amide bonds. The molecule has 1 fully saturated rings. The fourth-order valence-electron chi connectivity index (χ4n) is 2.43. The Morgan fingerprint density at radius 2 is 2.13 bits per heavy atom. The van der Waals surface area contributed by atoms with Gasteiger partial charge in [0.05, 0.1) is 18.1 Å². The van der Waals surface area contributed by atoms with Gasteiger partial charge in [0.25, 0.3) is 0 Å². The van der Waals surface area contributed by atoms with Gasteiger partial charge in [0.15, 0.2) is 0 Å². The predicted octanol–water partition coefficient (Wildman–Crippen LogP) is 2.69. The molecule has 15 heavy (non-hydrogen) atoms. The van der Waals surface area contributed by atoms with Crippen LogP contribution in [0.15, 0.2) is 0 Å². The number of hydrogen-bond acceptors (Lipinski definition) is 2. The van der Waals surface area contributed by atoms with Gasteiger partial charge in [-0.15, -0.1) is 0 Å². The number of carbonyl (C=O) groups is 1. The first kappa shape index (κ1) is 12.5. The molecule has 0 bridgehead atoms. The minimum absolute atomic E-state index is 0.0753. The first-order chi connectivity index (χ1) is 7.10. The minimum Gasteiger partial charge on any atom is -0.481 e. The zero-order chi connectivity index (χ0) is 11.4. The van der Waals surface area contributed by atoms with Crippen molar-refractivity contribution in [1.29, 1.82) is 0 Å². The third kappa shape index (κ3) is 2.94. The second-order valence-electron chi connectivity index (χ2n) is 4.53. The van der Waals surface area contributed by atoms with Crippen LogP contribution in [-0.2, 0) is 9.53 Å². The monoisotopic (exact) mass is 214 g/mol. The van der Waals surface area contributed by atoms with Crippen LogP contribution in [0.25, 0.3) is 0 Å². The molecule has 1 saturated heterocycles. The highest BCUT2D eigenvalue weighted by atomic mass is 16.5. The van der Waals surface area contributed by atoms with Crippen LogP contribution < -0.4 is 0 Å². The van der Waals surface area contributed by atoms with Crippen LogP contribution in [0.4, 0.5) is 0 Å². The molecule has 1 N–H and O–H groups in total. The van der Waals surface area contributed by atoms with Gasteiger partial charge in [0, 0.05) is 0 Å². The number of aliphatic carboxylic acids is 1. The summed E-state index contributed by atoms with van der Waals surface area (Å²) in [6.45, 7) is 6.21. The van der Waals surface area contributed by atoms with Gasteiger partial charge in [-0.3, -0.25) is 4.79 Å². The van der Waals surface area contributed by atoms with Crippen LogP contribution in [0.5, 0.6) is 0 Å². The number of hydrogen-bond donors (Lipinski definition) is 1. The molecule has 1 heterocycles. The Bertz CT molecular complexity index is 215. The maximum atomic E-state index is 11.0. The van der Waals surface area contributed by atoms with Gasteiger partial charge in [-0.1, -0.05) is 20.8 Å². The Morgan fingerprint density at radius 3 is 2.60 bits per heavy atom. The molecule has 0 aromatic rings. The molecule has 1 rings (SSSR count). The van der Waals surface area contributed by atoms with E-state index in [1.807, 2.05) is 6.92 Å². The largest absolute Gasteiger partial charge is 0.481 e. The Hall–Kier alpha value is -0.570. The normalized spacial score (nSPS) is 33.7. The zero-order valence-electron chi connectivity index (χ0n) is 9.90. The fourth-order valence-corrected chi connectivity index (χ4v) is 2.43. The first-order valence-corrected chi connectivity index (χ1v) is 5.98. The summed E-state index contributed by atoms with van der Waals surface area (Å²) in [7, 11) is 0. The third-order valence-corrected chi connectivity index (χ3v) is 3.50. The highest BCUT2D eigenvalue weighted by Gasteiger charge is 2.34. The number of ether oxygens (including phenoxy) is 1. The van der Waals surface area contributed by atoms with E-state index in [0.29, 0.717) is 12.3 Å². The van der Waals surface area contributed by atoms with E-state index < -0.39 is 5.97 Å². The van der Waals surface area contributed by atoms with Crippen molar-refractivity contribution in [3.05, 3.63) is 0 Å². The lowest BCUT2D eigenvalue weighted by molar-refractivity contribution is -0.157. The lowest BCUT2D eigenvalue weighted by Crippen LogP contribution is -2.40. The van der Waals surface area contributed by atoms with Crippen LogP contribution >= 0.6 is 0 Å². The lowest BCUT2D eigenvalue weighted by atomic mass is 9.86. The van der Waals surface area contributed by atoms with Gasteiger partial charge in [0.2, 0.25) is 0 Å². The average Bonchev–Trinajstić information content (AvgIpc) is 2.21. The SMILES string of the molecule is CCC1OC(C(CC)C(=O)O)CCC1C. The molecule has 4 atom stereocenters. The molecule has 0 aromatic heterocycles. The smallest absolute Gasteiger partial charge is 0.309 e. The van der Waals surface area contributed by atoms with Gasteiger partial charge < -0.3 is 9.84 Å². The zero-order valence-corrected chi connectivity index (χ0v) is 9.90. The van der Waals surface area contributed by atoms with Gasteiger partial charge in [-0.2, -0.15) is 0 Å². The molecule has 3 heteroatoms. The van der Waals surface area contributed by atoms with Gasteiger partial charge in [-0.25, -0.2) is 0 Å². The Kier molecular flexibility index (Phi) is 4.58. The molecule has 4 unspecified atom stereocenters. The minimum atomic E-state index is -0.716. The molecule has 0 spiro atoms. The molecule has 88 valence electrons. The van der Waals surface area contributed by atoms with Crippen molar-refractivity contribution in [2.24, 2.45) is 11.8 Å². The second-order valence-corrected chi connectivity index (χ2v) is 4.53. The average molecular weight is 214 g/mol. The number of rotatable bonds is 4. The fraction of sp³-hybridized carbons (Fsp3) is 0.917. The van der Waals surface area contributed by atoms with E-state index in [-0.39, 0.29) is 18.1 Å². The quantitative estimate of drug-likeness (QED) is 0.782. The molecular formula is C12H22O3. The van der Waals surface area contributed by atoms with Crippen molar-refractivity contribution in [2.45, 2.75) is 58.7 Å². The Balaban J connectivity index is 2.60. The third-order valence-electron chi connectivity index (χ3n) is 3.50. The van der Waals surface area contributed by atoms with Crippen LogP contribution in [0.3, 0.4) is 0 Å². The van der Waals surface area contributed by atoms with Crippen molar-refractivity contribution in [3.8, 4) is 0 Å². The van der Waals surface area contributed by atoms with E-state index in [9.17, 15) is 4.79 Å². The Morgan fingerprint density at radius 1 is 1.47 bits per heavy atom. The van der Waals surface area contributed by atoms with Gasteiger partial charge in [0.1, 0.15) is 0 Å². The summed E-state index contributed by atoms with van der Waals surface area (Å²) in [6, 6.07) is 0. The molecule has 0 saturated carbocycles. The molecular weight excluding hydrogens is 192 g/mol. The van der Waals surface area contributed by atoms with Crippen LogP contribution in [0.2, 0.25) is 0 Å². The van der Waals surface area contributed by atoms with E-state index in [4.69, 9.17) is 9.84 Å². The highest BCUT2D eigenvalue weighted by molar-refractivity contribution is 5.70. The molecule has 1 aliphatic heterocycles. The predicted molar refractivity (Wildman–Crippen MR) is 58.8 cm³/mol. The number of carboxylic acid groups (broad SMARTS) is 1. The standard InChI is InChI=1S/C12H22O3/c1-4-9(12(13)14)11-7-6-8(3)10(5-2)15-11/h8-11H,4-7H2,1-3H3,(H,13,14). The van der Waals surface area contributed by atoms with Crippen molar-refractivity contribution < 1.29 is 14.6 Å².